The number of hydrogen-bond donors (Lipinski definition) is 4. The van der Waals surface area contributed by atoms with Crippen molar-refractivity contribution in [3.63, 3.8) is 0 Å². The number of hydrogen-bond acceptors (Lipinski definition) is 4. The Kier molecular flexibility index (Phi) is 10.6. The van der Waals surface area contributed by atoms with E-state index >= 15 is 0 Å². The molecule has 0 atom stereocenters. The number of aliphatic carboxylic acids is 2. The Morgan fingerprint density at radius 2 is 1.00 bits per heavy atom. The Morgan fingerprint density at radius 3 is 1.16 bits per heavy atom. The normalized spacial score (nSPS) is 8.60. The summed E-state index contributed by atoms with van der Waals surface area (Å²) in [5.41, 5.74) is 0.687. The van der Waals surface area contributed by atoms with Gasteiger partial charge in [-0.1, -0.05) is 19.2 Å². The maximum absolute atomic E-state index is 10.6. The van der Waals surface area contributed by atoms with Crippen molar-refractivity contribution in [1.82, 2.24) is 0 Å². The van der Waals surface area contributed by atoms with Gasteiger partial charge in [0, 0.05) is 11.1 Å². The molecule has 0 heterocycles. The van der Waals surface area contributed by atoms with Crippen LogP contribution in [0.1, 0.15) is 40.1 Å². The standard InChI is InChI=1S/C9H8O4.2C4H6O2/c1-5-6(8(10)11)3-2-4-7(5)9(12)13;2*1-3(2)4(5)6/h2-4H,1H3,(H,10,11)(H,12,13);2*1H2,2H3,(H,5,6). The zero-order valence-electron chi connectivity index (χ0n) is 14.1. The van der Waals surface area contributed by atoms with E-state index in [0.29, 0.717) is 0 Å². The molecule has 1 rings (SSSR count). The lowest BCUT2D eigenvalue weighted by Gasteiger charge is -2.03. The van der Waals surface area contributed by atoms with Crippen molar-refractivity contribution in [1.29, 1.82) is 0 Å². The summed E-state index contributed by atoms with van der Waals surface area (Å²) in [5.74, 6) is -4.09. The van der Waals surface area contributed by atoms with Gasteiger partial charge in [-0.25, -0.2) is 19.2 Å². The summed E-state index contributed by atoms with van der Waals surface area (Å²) in [4.78, 5) is 40.4. The Morgan fingerprint density at radius 1 is 0.760 bits per heavy atom. The van der Waals surface area contributed by atoms with Crippen molar-refractivity contribution in [2.24, 2.45) is 0 Å². The highest BCUT2D eigenvalue weighted by Gasteiger charge is 2.13. The minimum absolute atomic E-state index is 0.0277. The number of carboxylic acids is 4. The van der Waals surface area contributed by atoms with Gasteiger partial charge in [-0.2, -0.15) is 0 Å². The lowest BCUT2D eigenvalue weighted by molar-refractivity contribution is -0.133. The van der Waals surface area contributed by atoms with Crippen molar-refractivity contribution < 1.29 is 39.6 Å². The third kappa shape index (κ3) is 10.1. The van der Waals surface area contributed by atoms with Crippen molar-refractivity contribution in [2.75, 3.05) is 0 Å². The molecule has 136 valence electrons. The maximum Gasteiger partial charge on any atom is 0.335 e. The molecule has 0 bridgehead atoms. The van der Waals surface area contributed by atoms with Gasteiger partial charge in [-0.05, 0) is 38.5 Å². The Balaban J connectivity index is 0. The first kappa shape index (κ1) is 23.8. The second-order valence-electron chi connectivity index (χ2n) is 4.76. The summed E-state index contributed by atoms with van der Waals surface area (Å²) in [6.45, 7) is 10.7. The monoisotopic (exact) mass is 352 g/mol. The predicted octanol–water partition coefficient (Wildman–Crippen LogP) is 2.69. The summed E-state index contributed by atoms with van der Waals surface area (Å²) >= 11 is 0. The van der Waals surface area contributed by atoms with Crippen LogP contribution in [-0.2, 0) is 9.59 Å². The van der Waals surface area contributed by atoms with Gasteiger partial charge in [-0.3, -0.25) is 0 Å². The molecule has 0 saturated heterocycles. The highest BCUT2D eigenvalue weighted by atomic mass is 16.4. The Hall–Kier alpha value is -3.42. The van der Waals surface area contributed by atoms with Gasteiger partial charge in [0.2, 0.25) is 0 Å². The van der Waals surface area contributed by atoms with E-state index in [1.165, 1.54) is 39.0 Å². The van der Waals surface area contributed by atoms with E-state index in [0.717, 1.165) is 0 Å². The van der Waals surface area contributed by atoms with Crippen molar-refractivity contribution >= 4 is 23.9 Å². The van der Waals surface area contributed by atoms with E-state index in [4.69, 9.17) is 20.4 Å². The second kappa shape index (κ2) is 11.2. The van der Waals surface area contributed by atoms with Crippen LogP contribution >= 0.6 is 0 Å². The van der Waals surface area contributed by atoms with Gasteiger partial charge in [0.1, 0.15) is 0 Å². The van der Waals surface area contributed by atoms with E-state index in [1.54, 1.807) is 0 Å². The maximum atomic E-state index is 10.6. The SMILES string of the molecule is C=C(C)C(=O)O.C=C(C)C(=O)O.Cc1c(C(=O)O)cccc1C(=O)O. The molecule has 0 aliphatic rings. The first-order chi connectivity index (χ1) is 11.3. The van der Waals surface area contributed by atoms with Crippen LogP contribution < -0.4 is 0 Å². The average Bonchev–Trinajstić information content (AvgIpc) is 2.47. The topological polar surface area (TPSA) is 149 Å². The van der Waals surface area contributed by atoms with E-state index in [-0.39, 0.29) is 27.8 Å². The molecule has 0 amide bonds. The molecule has 25 heavy (non-hydrogen) atoms. The first-order valence-corrected chi connectivity index (χ1v) is 6.66. The van der Waals surface area contributed by atoms with Crippen LogP contribution in [0.25, 0.3) is 0 Å². The first-order valence-electron chi connectivity index (χ1n) is 6.66. The quantitative estimate of drug-likeness (QED) is 0.604. The molecule has 0 aromatic heterocycles. The molecule has 0 spiro atoms. The lowest BCUT2D eigenvalue weighted by Crippen LogP contribution is -2.06. The smallest absolute Gasteiger partial charge is 0.335 e. The molecule has 0 aliphatic carbocycles. The zero-order valence-corrected chi connectivity index (χ0v) is 14.1. The fraction of sp³-hybridized carbons (Fsp3) is 0.176. The van der Waals surface area contributed by atoms with Gasteiger partial charge >= 0.3 is 23.9 Å². The van der Waals surface area contributed by atoms with Crippen LogP contribution in [0.4, 0.5) is 0 Å². The molecule has 0 saturated carbocycles. The lowest BCUT2D eigenvalue weighted by atomic mass is 10.0. The Bertz CT molecular complexity index is 620. The fourth-order valence-corrected chi connectivity index (χ4v) is 1.10. The number of carbonyl (C=O) groups is 4. The van der Waals surface area contributed by atoms with Crippen LogP contribution in [0.5, 0.6) is 0 Å². The minimum Gasteiger partial charge on any atom is -0.478 e. The molecular formula is C17H20O8. The van der Waals surface area contributed by atoms with Crippen LogP contribution in [-0.4, -0.2) is 44.3 Å². The van der Waals surface area contributed by atoms with Gasteiger partial charge in [0.15, 0.2) is 0 Å². The zero-order chi connectivity index (χ0) is 20.3. The molecule has 0 unspecified atom stereocenters. The van der Waals surface area contributed by atoms with E-state index in [2.05, 4.69) is 13.2 Å². The van der Waals surface area contributed by atoms with E-state index < -0.39 is 23.9 Å². The average molecular weight is 352 g/mol. The second-order valence-corrected chi connectivity index (χ2v) is 4.76. The molecular weight excluding hydrogens is 332 g/mol. The summed E-state index contributed by atoms with van der Waals surface area (Å²) in [5, 5.41) is 33.1. The fourth-order valence-electron chi connectivity index (χ4n) is 1.10. The number of aromatic carboxylic acids is 2. The third-order valence-corrected chi connectivity index (χ3v) is 2.52. The number of benzene rings is 1. The number of carboxylic acid groups (broad SMARTS) is 4. The minimum atomic E-state index is -1.11. The molecule has 8 heteroatoms. The van der Waals surface area contributed by atoms with Crippen LogP contribution in [0.3, 0.4) is 0 Å². The van der Waals surface area contributed by atoms with Crippen LogP contribution in [0.2, 0.25) is 0 Å². The Labute approximate surface area is 144 Å². The largest absolute Gasteiger partial charge is 0.478 e. The third-order valence-electron chi connectivity index (χ3n) is 2.52. The van der Waals surface area contributed by atoms with Gasteiger partial charge < -0.3 is 20.4 Å². The molecule has 4 N–H and O–H groups in total. The van der Waals surface area contributed by atoms with Gasteiger partial charge in [-0.15, -0.1) is 0 Å². The van der Waals surface area contributed by atoms with Crippen LogP contribution in [0, 0.1) is 6.92 Å². The number of rotatable bonds is 4. The molecule has 0 aliphatic heterocycles. The molecule has 1 aromatic rings. The van der Waals surface area contributed by atoms with Crippen molar-refractivity contribution in [2.45, 2.75) is 20.8 Å². The molecule has 0 radical (unpaired) electrons. The summed E-state index contributed by atoms with van der Waals surface area (Å²) in [6, 6.07) is 4.17. The van der Waals surface area contributed by atoms with E-state index in [9.17, 15) is 19.2 Å². The van der Waals surface area contributed by atoms with Crippen LogP contribution in [0.15, 0.2) is 42.5 Å². The highest BCUT2D eigenvalue weighted by Crippen LogP contribution is 2.13. The predicted molar refractivity (Wildman–Crippen MR) is 90.0 cm³/mol. The molecule has 1 aromatic carbocycles. The summed E-state index contributed by atoms with van der Waals surface area (Å²) < 4.78 is 0. The molecule has 0 fully saturated rings. The summed E-state index contributed by atoms with van der Waals surface area (Å²) in [7, 11) is 0. The van der Waals surface area contributed by atoms with Gasteiger partial charge in [0.25, 0.3) is 0 Å². The highest BCUT2D eigenvalue weighted by molar-refractivity contribution is 5.96. The van der Waals surface area contributed by atoms with Gasteiger partial charge in [0.05, 0.1) is 11.1 Å². The summed E-state index contributed by atoms with van der Waals surface area (Å²) in [6.07, 6.45) is 0. The molecule has 8 nitrogen and oxygen atoms in total. The van der Waals surface area contributed by atoms with Crippen molar-refractivity contribution in [3.8, 4) is 0 Å². The van der Waals surface area contributed by atoms with E-state index in [1.807, 2.05) is 0 Å². The van der Waals surface area contributed by atoms with Crippen molar-refractivity contribution in [3.05, 3.63) is 59.2 Å².